The van der Waals surface area contributed by atoms with Crippen LogP contribution >= 0.6 is 11.6 Å². The number of likely N-dealkylation sites (tertiary alicyclic amines) is 1. The largest absolute Gasteiger partial charge is 0.453 e. The first-order valence-corrected chi connectivity index (χ1v) is 14.5. The fourth-order valence-corrected chi connectivity index (χ4v) is 6.43. The highest BCUT2D eigenvalue weighted by Gasteiger charge is 2.41. The fraction of sp³-hybridized carbons (Fsp3) is 0.424. The van der Waals surface area contributed by atoms with E-state index in [1.165, 1.54) is 0 Å². The van der Waals surface area contributed by atoms with Gasteiger partial charge in [0.15, 0.2) is 5.76 Å². The van der Waals surface area contributed by atoms with Crippen molar-refractivity contribution in [3.8, 4) is 0 Å². The molecule has 6 nitrogen and oxygen atoms in total. The lowest BCUT2D eigenvalue weighted by atomic mass is 9.78. The first-order valence-electron chi connectivity index (χ1n) is 14.1. The van der Waals surface area contributed by atoms with Crippen LogP contribution in [0.15, 0.2) is 63.1 Å². The summed E-state index contributed by atoms with van der Waals surface area (Å²) >= 11 is 6.18. The van der Waals surface area contributed by atoms with Gasteiger partial charge >= 0.3 is 0 Å². The maximum atomic E-state index is 13.9. The van der Waals surface area contributed by atoms with E-state index in [1.54, 1.807) is 6.34 Å². The summed E-state index contributed by atoms with van der Waals surface area (Å²) in [5.41, 5.74) is 4.73. The molecule has 0 saturated carbocycles. The molecule has 2 aliphatic heterocycles. The standard InChI is InChI=1S/C33H38ClN3O3/c1-20-12-13-28-27(15-20)23(4)31(40-28)30(38)22(3)24-9-8-14-37(33(5,6)17-24)32(39)29-21(2)18-36(19-35-29)26-11-7-10-25(34)16-26/h7,10-13,15-16,19,22,24H,8-9,14,17-18H2,1-6H3. The SMILES string of the molecule is CC1=C(C(=O)N2CCCC(C(C)C(=O)c3oc4ccc(C)cc4c3C)CC2(C)C)N=CN(c2cccc(Cl)c2)C1. The number of amides is 1. The van der Waals surface area contributed by atoms with Crippen molar-refractivity contribution >= 4 is 46.3 Å². The van der Waals surface area contributed by atoms with Gasteiger partial charge in [-0.2, -0.15) is 0 Å². The smallest absolute Gasteiger partial charge is 0.272 e. The Balaban J connectivity index is 1.32. The number of carbonyl (C=O) groups excluding carboxylic acids is 2. The van der Waals surface area contributed by atoms with Crippen molar-refractivity contribution in [2.75, 3.05) is 18.0 Å². The van der Waals surface area contributed by atoms with E-state index in [0.29, 0.717) is 29.6 Å². The number of anilines is 1. The Morgan fingerprint density at radius 3 is 2.62 bits per heavy atom. The number of nitrogens with zero attached hydrogens (tertiary/aromatic N) is 3. The molecule has 1 fully saturated rings. The molecule has 2 unspecified atom stereocenters. The maximum Gasteiger partial charge on any atom is 0.272 e. The van der Waals surface area contributed by atoms with E-state index in [1.807, 2.05) is 73.9 Å². The molecule has 3 aromatic rings. The third kappa shape index (κ3) is 5.34. The number of hydrogen-bond donors (Lipinski definition) is 0. The van der Waals surface area contributed by atoms with Gasteiger partial charge in [0.25, 0.3) is 5.91 Å². The van der Waals surface area contributed by atoms with E-state index in [-0.39, 0.29) is 23.5 Å². The molecule has 0 radical (unpaired) electrons. The highest BCUT2D eigenvalue weighted by molar-refractivity contribution is 6.30. The molecular weight excluding hydrogens is 522 g/mol. The van der Waals surface area contributed by atoms with Gasteiger partial charge in [-0.3, -0.25) is 9.59 Å². The van der Waals surface area contributed by atoms with Crippen LogP contribution in [0.2, 0.25) is 5.02 Å². The van der Waals surface area contributed by atoms with Crippen LogP contribution in [0.5, 0.6) is 0 Å². The first kappa shape index (κ1) is 28.2. The fourth-order valence-electron chi connectivity index (χ4n) is 6.25. The molecule has 2 aromatic carbocycles. The second-order valence-corrected chi connectivity index (χ2v) is 12.5. The average molecular weight is 560 g/mol. The molecule has 0 N–H and O–H groups in total. The summed E-state index contributed by atoms with van der Waals surface area (Å²) in [4.78, 5) is 36.1. The van der Waals surface area contributed by atoms with Gasteiger partial charge in [-0.05, 0) is 95.7 Å². The highest BCUT2D eigenvalue weighted by Crippen LogP contribution is 2.38. The number of aryl methyl sites for hydroxylation is 2. The van der Waals surface area contributed by atoms with E-state index < -0.39 is 5.54 Å². The van der Waals surface area contributed by atoms with Crippen molar-refractivity contribution in [1.29, 1.82) is 0 Å². The van der Waals surface area contributed by atoms with Crippen molar-refractivity contribution in [2.45, 2.75) is 66.3 Å². The third-order valence-corrected chi connectivity index (χ3v) is 8.85. The highest BCUT2D eigenvalue weighted by atomic mass is 35.5. The number of benzene rings is 2. The number of rotatable bonds is 5. The van der Waals surface area contributed by atoms with Gasteiger partial charge < -0.3 is 14.2 Å². The summed E-state index contributed by atoms with van der Waals surface area (Å²) in [6.45, 7) is 13.4. The molecule has 5 rings (SSSR count). The zero-order valence-electron chi connectivity index (χ0n) is 24.3. The van der Waals surface area contributed by atoms with Crippen molar-refractivity contribution in [2.24, 2.45) is 16.8 Å². The minimum atomic E-state index is -0.431. The van der Waals surface area contributed by atoms with E-state index in [2.05, 4.69) is 24.9 Å². The summed E-state index contributed by atoms with van der Waals surface area (Å²) in [7, 11) is 0. The summed E-state index contributed by atoms with van der Waals surface area (Å²) in [6, 6.07) is 13.6. The number of aliphatic imine (C=N–C) groups is 1. The normalized spacial score (nSPS) is 20.1. The van der Waals surface area contributed by atoms with Crippen LogP contribution in [0.1, 0.15) is 68.6 Å². The number of halogens is 1. The molecule has 2 aliphatic rings. The molecular formula is C33H38ClN3O3. The van der Waals surface area contributed by atoms with E-state index in [9.17, 15) is 9.59 Å². The Hall–Kier alpha value is -3.38. The Morgan fingerprint density at radius 1 is 1.12 bits per heavy atom. The van der Waals surface area contributed by atoms with Crippen molar-refractivity contribution in [1.82, 2.24) is 4.90 Å². The Morgan fingerprint density at radius 2 is 1.90 bits per heavy atom. The summed E-state index contributed by atoms with van der Waals surface area (Å²) in [6.07, 6.45) is 4.16. The molecule has 7 heteroatoms. The van der Waals surface area contributed by atoms with E-state index in [4.69, 9.17) is 16.0 Å². The van der Waals surface area contributed by atoms with Gasteiger partial charge in [0.05, 0.1) is 6.34 Å². The van der Waals surface area contributed by atoms with Crippen molar-refractivity contribution < 1.29 is 14.0 Å². The second-order valence-electron chi connectivity index (χ2n) is 12.1. The zero-order chi connectivity index (χ0) is 28.8. The quantitative estimate of drug-likeness (QED) is 0.300. The van der Waals surface area contributed by atoms with Crippen LogP contribution in [-0.2, 0) is 4.79 Å². The molecule has 1 amide bonds. The number of Topliss-reactive ketones (excluding diaryl/α,β-unsaturated/α-hetero) is 1. The predicted octanol–water partition coefficient (Wildman–Crippen LogP) is 7.75. The Kier molecular flexibility index (Phi) is 7.66. The number of ketones is 1. The molecule has 3 heterocycles. The molecule has 210 valence electrons. The second kappa shape index (κ2) is 10.9. The van der Waals surface area contributed by atoms with Gasteiger partial charge in [-0.1, -0.05) is 36.2 Å². The van der Waals surface area contributed by atoms with Crippen LogP contribution < -0.4 is 4.90 Å². The van der Waals surface area contributed by atoms with Crippen LogP contribution in [0, 0.1) is 25.7 Å². The van der Waals surface area contributed by atoms with Gasteiger partial charge in [0, 0.05) is 46.2 Å². The molecule has 40 heavy (non-hydrogen) atoms. The van der Waals surface area contributed by atoms with Crippen LogP contribution in [0.3, 0.4) is 0 Å². The molecule has 0 aliphatic carbocycles. The van der Waals surface area contributed by atoms with Crippen LogP contribution in [-0.4, -0.2) is 41.6 Å². The molecule has 0 bridgehead atoms. The Bertz CT molecular complexity index is 1530. The lowest BCUT2D eigenvalue weighted by molar-refractivity contribution is -0.132. The lowest BCUT2D eigenvalue weighted by Crippen LogP contribution is -2.49. The van der Waals surface area contributed by atoms with E-state index >= 15 is 0 Å². The summed E-state index contributed by atoms with van der Waals surface area (Å²) in [5.74, 6) is 0.383. The Labute approximate surface area is 241 Å². The van der Waals surface area contributed by atoms with Gasteiger partial charge in [-0.25, -0.2) is 4.99 Å². The van der Waals surface area contributed by atoms with Gasteiger partial charge in [-0.15, -0.1) is 0 Å². The maximum absolute atomic E-state index is 13.9. The number of carbonyl (C=O) groups is 2. The third-order valence-electron chi connectivity index (χ3n) is 8.61. The lowest BCUT2D eigenvalue weighted by Gasteiger charge is -2.39. The van der Waals surface area contributed by atoms with Crippen LogP contribution in [0.4, 0.5) is 5.69 Å². The summed E-state index contributed by atoms with van der Waals surface area (Å²) < 4.78 is 6.06. The topological polar surface area (TPSA) is 66.1 Å². The summed E-state index contributed by atoms with van der Waals surface area (Å²) in [5, 5.41) is 1.66. The monoisotopic (exact) mass is 559 g/mol. The molecule has 1 aromatic heterocycles. The van der Waals surface area contributed by atoms with Gasteiger partial charge in [0.2, 0.25) is 5.78 Å². The van der Waals surface area contributed by atoms with Gasteiger partial charge in [0.1, 0.15) is 11.3 Å². The molecule has 1 saturated heterocycles. The molecule has 0 spiro atoms. The van der Waals surface area contributed by atoms with E-state index in [0.717, 1.165) is 52.6 Å². The average Bonchev–Trinajstić information content (AvgIpc) is 3.14. The number of fused-ring (bicyclic) bond motifs is 1. The minimum absolute atomic E-state index is 0.0449. The van der Waals surface area contributed by atoms with Crippen molar-refractivity contribution in [3.63, 3.8) is 0 Å². The molecule has 2 atom stereocenters. The van der Waals surface area contributed by atoms with Crippen LogP contribution in [0.25, 0.3) is 11.0 Å². The number of hydrogen-bond acceptors (Lipinski definition) is 5. The minimum Gasteiger partial charge on any atom is -0.453 e. The number of furan rings is 1. The van der Waals surface area contributed by atoms with Crippen molar-refractivity contribution in [3.05, 3.63) is 75.6 Å². The predicted molar refractivity (Wildman–Crippen MR) is 162 cm³/mol. The first-order chi connectivity index (χ1) is 19.0. The zero-order valence-corrected chi connectivity index (χ0v) is 25.0.